The molecular weight excluding hydrogens is 326 g/mol. The van der Waals surface area contributed by atoms with Crippen LogP contribution in [0.4, 0.5) is 0 Å². The number of aromatic nitrogens is 1. The monoisotopic (exact) mass is 353 g/mol. The van der Waals surface area contributed by atoms with Gasteiger partial charge in [0.25, 0.3) is 5.91 Å². The molecule has 0 saturated carbocycles. The van der Waals surface area contributed by atoms with E-state index in [9.17, 15) is 4.79 Å². The molecule has 3 rings (SSSR count). The molecule has 2 aromatic rings. The van der Waals surface area contributed by atoms with E-state index < -0.39 is 0 Å². The zero-order chi connectivity index (χ0) is 18.2. The SMILES string of the molecule is COc1ccc(C(CNC(=O)c2cccnc2)N2CCCCCC2)cc1. The molecule has 5 nitrogen and oxygen atoms in total. The summed E-state index contributed by atoms with van der Waals surface area (Å²) in [5.74, 6) is 0.772. The highest BCUT2D eigenvalue weighted by molar-refractivity contribution is 5.93. The number of carbonyl (C=O) groups excluding carboxylic acids is 1. The maximum absolute atomic E-state index is 12.4. The Bertz CT molecular complexity index is 680. The number of hydrogen-bond donors (Lipinski definition) is 1. The Hall–Kier alpha value is -2.40. The number of rotatable bonds is 6. The molecule has 1 amide bonds. The predicted octanol–water partition coefficient (Wildman–Crippen LogP) is 3.44. The van der Waals surface area contributed by atoms with E-state index in [4.69, 9.17) is 4.74 Å². The van der Waals surface area contributed by atoms with Gasteiger partial charge in [-0.15, -0.1) is 0 Å². The molecule has 1 saturated heterocycles. The number of benzene rings is 1. The van der Waals surface area contributed by atoms with Gasteiger partial charge in [0.1, 0.15) is 5.75 Å². The molecule has 1 aromatic heterocycles. The molecule has 5 heteroatoms. The number of methoxy groups -OCH3 is 1. The summed E-state index contributed by atoms with van der Waals surface area (Å²) >= 11 is 0. The third kappa shape index (κ3) is 4.82. The fourth-order valence-corrected chi connectivity index (χ4v) is 3.48. The van der Waals surface area contributed by atoms with Crippen LogP contribution in [0, 0.1) is 0 Å². The van der Waals surface area contributed by atoms with Crippen molar-refractivity contribution in [2.75, 3.05) is 26.7 Å². The summed E-state index contributed by atoms with van der Waals surface area (Å²) in [6.07, 6.45) is 8.27. The molecular formula is C21H27N3O2. The number of hydrogen-bond acceptors (Lipinski definition) is 4. The molecule has 0 radical (unpaired) electrons. The first-order valence-corrected chi connectivity index (χ1v) is 9.34. The smallest absolute Gasteiger partial charge is 0.252 e. The van der Waals surface area contributed by atoms with Crippen LogP contribution in [-0.2, 0) is 0 Å². The van der Waals surface area contributed by atoms with E-state index in [0.717, 1.165) is 18.8 Å². The van der Waals surface area contributed by atoms with Gasteiger partial charge < -0.3 is 10.1 Å². The Morgan fingerprint density at radius 2 is 1.88 bits per heavy atom. The van der Waals surface area contributed by atoms with Crippen LogP contribution in [-0.4, -0.2) is 42.5 Å². The van der Waals surface area contributed by atoms with E-state index in [2.05, 4.69) is 27.3 Å². The molecule has 0 aliphatic carbocycles. The van der Waals surface area contributed by atoms with Crippen molar-refractivity contribution in [1.82, 2.24) is 15.2 Å². The maximum atomic E-state index is 12.4. The predicted molar refractivity (Wildman–Crippen MR) is 102 cm³/mol. The van der Waals surface area contributed by atoms with Crippen LogP contribution < -0.4 is 10.1 Å². The first kappa shape index (κ1) is 18.4. The third-order valence-electron chi connectivity index (χ3n) is 4.96. The number of ether oxygens (including phenoxy) is 1. The lowest BCUT2D eigenvalue weighted by molar-refractivity contribution is 0.0933. The van der Waals surface area contributed by atoms with Gasteiger partial charge in [-0.05, 0) is 55.8 Å². The van der Waals surface area contributed by atoms with Crippen molar-refractivity contribution in [2.24, 2.45) is 0 Å². The van der Waals surface area contributed by atoms with E-state index in [1.54, 1.807) is 31.6 Å². The minimum absolute atomic E-state index is 0.0774. The van der Waals surface area contributed by atoms with Crippen molar-refractivity contribution >= 4 is 5.91 Å². The van der Waals surface area contributed by atoms with Crippen LogP contribution in [0.1, 0.15) is 47.6 Å². The minimum Gasteiger partial charge on any atom is -0.497 e. The molecule has 1 aromatic carbocycles. The summed E-state index contributed by atoms with van der Waals surface area (Å²) in [5, 5.41) is 3.09. The number of carbonyl (C=O) groups is 1. The number of likely N-dealkylation sites (tertiary alicyclic amines) is 1. The lowest BCUT2D eigenvalue weighted by Gasteiger charge is -2.31. The van der Waals surface area contributed by atoms with Crippen molar-refractivity contribution in [2.45, 2.75) is 31.7 Å². The van der Waals surface area contributed by atoms with Gasteiger partial charge >= 0.3 is 0 Å². The van der Waals surface area contributed by atoms with Gasteiger partial charge in [-0.3, -0.25) is 14.7 Å². The molecule has 1 atom stereocenters. The average molecular weight is 353 g/mol. The van der Waals surface area contributed by atoms with Gasteiger partial charge in [-0.1, -0.05) is 25.0 Å². The fourth-order valence-electron chi connectivity index (χ4n) is 3.48. The van der Waals surface area contributed by atoms with Crippen LogP contribution in [0.15, 0.2) is 48.8 Å². The first-order chi connectivity index (χ1) is 12.8. The van der Waals surface area contributed by atoms with Crippen molar-refractivity contribution in [3.05, 3.63) is 59.9 Å². The van der Waals surface area contributed by atoms with Crippen LogP contribution in [0.3, 0.4) is 0 Å². The lowest BCUT2D eigenvalue weighted by atomic mass is 10.0. The summed E-state index contributed by atoms with van der Waals surface area (Å²) in [4.78, 5) is 19.0. The largest absolute Gasteiger partial charge is 0.497 e. The van der Waals surface area contributed by atoms with E-state index in [1.165, 1.54) is 31.2 Å². The highest BCUT2D eigenvalue weighted by atomic mass is 16.5. The van der Waals surface area contributed by atoms with Gasteiger partial charge in [0.05, 0.1) is 18.7 Å². The molecule has 2 heterocycles. The van der Waals surface area contributed by atoms with Gasteiger partial charge in [0.15, 0.2) is 0 Å². The normalized spacial score (nSPS) is 16.5. The number of nitrogens with one attached hydrogen (secondary N) is 1. The molecule has 1 N–H and O–H groups in total. The summed E-state index contributed by atoms with van der Waals surface area (Å²) in [7, 11) is 1.68. The fraction of sp³-hybridized carbons (Fsp3) is 0.429. The van der Waals surface area contributed by atoms with Crippen LogP contribution >= 0.6 is 0 Å². The molecule has 1 aliphatic heterocycles. The molecule has 0 spiro atoms. The van der Waals surface area contributed by atoms with E-state index in [0.29, 0.717) is 12.1 Å². The van der Waals surface area contributed by atoms with Crippen molar-refractivity contribution in [3.63, 3.8) is 0 Å². The Labute approximate surface area is 155 Å². The topological polar surface area (TPSA) is 54.5 Å². The second-order valence-electron chi connectivity index (χ2n) is 6.69. The van der Waals surface area contributed by atoms with E-state index >= 15 is 0 Å². The summed E-state index contributed by atoms with van der Waals surface area (Å²) in [6, 6.07) is 11.9. The summed E-state index contributed by atoms with van der Waals surface area (Å²) in [6.45, 7) is 2.72. The second-order valence-corrected chi connectivity index (χ2v) is 6.69. The van der Waals surface area contributed by atoms with E-state index in [-0.39, 0.29) is 11.9 Å². The van der Waals surface area contributed by atoms with Gasteiger partial charge in [0, 0.05) is 18.9 Å². The standard InChI is InChI=1S/C21H27N3O2/c1-26-19-10-8-17(9-11-19)20(24-13-4-2-3-5-14-24)16-23-21(25)18-7-6-12-22-15-18/h6-12,15,20H,2-5,13-14,16H2,1H3,(H,23,25). The average Bonchev–Trinajstić information content (AvgIpc) is 2.98. The second kappa shape index (κ2) is 9.34. The Balaban J connectivity index is 1.74. The summed E-state index contributed by atoms with van der Waals surface area (Å²) in [5.41, 5.74) is 1.80. The summed E-state index contributed by atoms with van der Waals surface area (Å²) < 4.78 is 5.28. The number of amides is 1. The van der Waals surface area contributed by atoms with Crippen LogP contribution in [0.25, 0.3) is 0 Å². The quantitative estimate of drug-likeness (QED) is 0.864. The maximum Gasteiger partial charge on any atom is 0.252 e. The zero-order valence-electron chi connectivity index (χ0n) is 15.4. The Morgan fingerprint density at radius 1 is 1.15 bits per heavy atom. The first-order valence-electron chi connectivity index (χ1n) is 9.34. The molecule has 0 bridgehead atoms. The molecule has 26 heavy (non-hydrogen) atoms. The van der Waals surface area contributed by atoms with Crippen molar-refractivity contribution < 1.29 is 9.53 Å². The van der Waals surface area contributed by atoms with Gasteiger partial charge in [-0.2, -0.15) is 0 Å². The van der Waals surface area contributed by atoms with Crippen molar-refractivity contribution in [3.8, 4) is 5.75 Å². The van der Waals surface area contributed by atoms with E-state index in [1.807, 2.05) is 12.1 Å². The molecule has 1 fully saturated rings. The van der Waals surface area contributed by atoms with Crippen LogP contribution in [0.5, 0.6) is 5.75 Å². The van der Waals surface area contributed by atoms with Gasteiger partial charge in [-0.25, -0.2) is 0 Å². The highest BCUT2D eigenvalue weighted by Crippen LogP contribution is 2.25. The third-order valence-corrected chi connectivity index (χ3v) is 4.96. The molecule has 1 aliphatic rings. The Morgan fingerprint density at radius 3 is 2.50 bits per heavy atom. The highest BCUT2D eigenvalue weighted by Gasteiger charge is 2.22. The molecule has 138 valence electrons. The molecule has 1 unspecified atom stereocenters. The Kier molecular flexibility index (Phi) is 6.61. The number of nitrogens with zero attached hydrogens (tertiary/aromatic N) is 2. The van der Waals surface area contributed by atoms with Crippen LogP contribution in [0.2, 0.25) is 0 Å². The minimum atomic E-state index is -0.0774. The lowest BCUT2D eigenvalue weighted by Crippen LogP contribution is -2.38. The van der Waals surface area contributed by atoms with Gasteiger partial charge in [0.2, 0.25) is 0 Å². The number of pyridine rings is 1. The van der Waals surface area contributed by atoms with Crippen molar-refractivity contribution in [1.29, 1.82) is 0 Å². The zero-order valence-corrected chi connectivity index (χ0v) is 15.4.